The molecular formula is C19H14FN3O. The molecule has 4 aromatic rings. The summed E-state index contributed by atoms with van der Waals surface area (Å²) in [6, 6.07) is 15.3. The number of nitrogens with one attached hydrogen (secondary N) is 2. The van der Waals surface area contributed by atoms with Crippen LogP contribution in [0.4, 0.5) is 10.1 Å². The summed E-state index contributed by atoms with van der Waals surface area (Å²) in [6.07, 6.45) is 0. The molecule has 0 spiro atoms. The molecule has 0 unspecified atom stereocenters. The fourth-order valence-corrected chi connectivity index (χ4v) is 2.85. The molecule has 4 nitrogen and oxygen atoms in total. The number of anilines is 1. The van der Waals surface area contributed by atoms with Crippen molar-refractivity contribution >= 4 is 33.4 Å². The van der Waals surface area contributed by atoms with Crippen molar-refractivity contribution in [1.29, 1.82) is 0 Å². The van der Waals surface area contributed by atoms with Gasteiger partial charge in [-0.25, -0.2) is 9.37 Å². The number of amides is 1. The van der Waals surface area contributed by atoms with Crippen molar-refractivity contribution in [3.8, 4) is 0 Å². The van der Waals surface area contributed by atoms with E-state index in [0.29, 0.717) is 11.4 Å². The Kier molecular flexibility index (Phi) is 3.27. The number of fused-ring (bicyclic) bond motifs is 3. The highest BCUT2D eigenvalue weighted by Gasteiger charge is 2.14. The van der Waals surface area contributed by atoms with Gasteiger partial charge in [0.1, 0.15) is 11.5 Å². The summed E-state index contributed by atoms with van der Waals surface area (Å²) in [7, 11) is 0. The molecular weight excluding hydrogens is 305 g/mol. The zero-order valence-electron chi connectivity index (χ0n) is 12.9. The number of aryl methyl sites for hydroxylation is 1. The molecule has 0 radical (unpaired) electrons. The first-order valence-electron chi connectivity index (χ1n) is 7.57. The first kappa shape index (κ1) is 14.4. The topological polar surface area (TPSA) is 57.8 Å². The van der Waals surface area contributed by atoms with Crippen LogP contribution in [0, 0.1) is 12.7 Å². The van der Waals surface area contributed by atoms with Gasteiger partial charge in [-0.2, -0.15) is 0 Å². The predicted molar refractivity (Wildman–Crippen MR) is 92.7 cm³/mol. The van der Waals surface area contributed by atoms with Crippen molar-refractivity contribution in [3.63, 3.8) is 0 Å². The molecule has 0 bridgehead atoms. The molecule has 2 heterocycles. The molecule has 4 rings (SSSR count). The van der Waals surface area contributed by atoms with Crippen molar-refractivity contribution < 1.29 is 9.18 Å². The molecule has 0 aliphatic heterocycles. The van der Waals surface area contributed by atoms with E-state index in [0.717, 1.165) is 27.5 Å². The van der Waals surface area contributed by atoms with Crippen LogP contribution < -0.4 is 5.32 Å². The lowest BCUT2D eigenvalue weighted by Gasteiger charge is -2.06. The van der Waals surface area contributed by atoms with Crippen LogP contribution >= 0.6 is 0 Å². The summed E-state index contributed by atoms with van der Waals surface area (Å²) in [5.41, 5.74) is 3.55. The molecule has 0 saturated heterocycles. The number of aromatic nitrogens is 2. The number of H-pyrrole nitrogens is 1. The maximum absolute atomic E-state index is 13.0. The molecule has 2 aromatic carbocycles. The Bertz CT molecular complexity index is 1070. The molecule has 0 fully saturated rings. The van der Waals surface area contributed by atoms with Gasteiger partial charge in [-0.05, 0) is 43.3 Å². The number of hydrogen-bond acceptors (Lipinski definition) is 2. The Balaban J connectivity index is 1.77. The second-order valence-electron chi connectivity index (χ2n) is 5.65. The standard InChI is InChI=1S/C19H14FN3O/c1-11-18-15(14-4-2-3-5-16(14)23-18)10-17(21-11)19(24)22-13-8-6-12(20)7-9-13/h2-10,23H,1H3,(H,22,24). The molecule has 118 valence electrons. The van der Waals surface area contributed by atoms with Gasteiger partial charge in [-0.15, -0.1) is 0 Å². The SMILES string of the molecule is Cc1nc(C(=O)Nc2ccc(F)cc2)cc2c1[nH]c1ccccc12. The summed E-state index contributed by atoms with van der Waals surface area (Å²) >= 11 is 0. The van der Waals surface area contributed by atoms with Gasteiger partial charge in [-0.3, -0.25) is 4.79 Å². The zero-order valence-corrected chi connectivity index (χ0v) is 12.9. The lowest BCUT2D eigenvalue weighted by Crippen LogP contribution is -2.14. The van der Waals surface area contributed by atoms with Crippen molar-refractivity contribution in [2.75, 3.05) is 5.32 Å². The van der Waals surface area contributed by atoms with E-state index in [4.69, 9.17) is 0 Å². The Morgan fingerprint density at radius 3 is 2.62 bits per heavy atom. The maximum atomic E-state index is 13.0. The van der Waals surface area contributed by atoms with Crippen molar-refractivity contribution in [1.82, 2.24) is 9.97 Å². The van der Waals surface area contributed by atoms with Crippen LogP contribution in [0.1, 0.15) is 16.2 Å². The van der Waals surface area contributed by atoms with E-state index in [1.165, 1.54) is 24.3 Å². The number of hydrogen-bond donors (Lipinski definition) is 2. The van der Waals surface area contributed by atoms with Gasteiger partial charge in [0.05, 0.1) is 11.2 Å². The highest BCUT2D eigenvalue weighted by molar-refractivity contribution is 6.11. The van der Waals surface area contributed by atoms with Crippen LogP contribution in [0.2, 0.25) is 0 Å². The van der Waals surface area contributed by atoms with Gasteiger partial charge in [-0.1, -0.05) is 18.2 Å². The number of halogens is 1. The van der Waals surface area contributed by atoms with Gasteiger partial charge in [0, 0.05) is 22.0 Å². The van der Waals surface area contributed by atoms with Crippen LogP contribution in [0.5, 0.6) is 0 Å². The smallest absolute Gasteiger partial charge is 0.274 e. The minimum absolute atomic E-state index is 0.322. The van der Waals surface area contributed by atoms with E-state index in [2.05, 4.69) is 15.3 Å². The molecule has 5 heteroatoms. The highest BCUT2D eigenvalue weighted by Crippen LogP contribution is 2.27. The Hall–Kier alpha value is -3.21. The van der Waals surface area contributed by atoms with E-state index >= 15 is 0 Å². The number of pyridine rings is 1. The number of aromatic amines is 1. The first-order valence-corrected chi connectivity index (χ1v) is 7.57. The van der Waals surface area contributed by atoms with Gasteiger partial charge >= 0.3 is 0 Å². The Labute approximate surface area is 137 Å². The normalized spacial score (nSPS) is 11.1. The van der Waals surface area contributed by atoms with E-state index in [1.807, 2.05) is 31.2 Å². The zero-order chi connectivity index (χ0) is 16.7. The van der Waals surface area contributed by atoms with Crippen molar-refractivity contribution in [2.45, 2.75) is 6.92 Å². The van der Waals surface area contributed by atoms with E-state index in [1.54, 1.807) is 6.07 Å². The number of carbonyl (C=O) groups excluding carboxylic acids is 1. The lowest BCUT2D eigenvalue weighted by molar-refractivity contribution is 0.102. The van der Waals surface area contributed by atoms with Gasteiger partial charge < -0.3 is 10.3 Å². The summed E-state index contributed by atoms with van der Waals surface area (Å²) < 4.78 is 13.0. The third-order valence-corrected chi connectivity index (χ3v) is 4.01. The van der Waals surface area contributed by atoms with Gasteiger partial charge in [0.25, 0.3) is 5.91 Å². The second-order valence-corrected chi connectivity index (χ2v) is 5.65. The summed E-state index contributed by atoms with van der Waals surface area (Å²) in [4.78, 5) is 20.2. The molecule has 24 heavy (non-hydrogen) atoms. The molecule has 0 aliphatic carbocycles. The van der Waals surface area contributed by atoms with Gasteiger partial charge in [0.15, 0.2) is 0 Å². The number of benzene rings is 2. The first-order chi connectivity index (χ1) is 11.6. The largest absolute Gasteiger partial charge is 0.353 e. The van der Waals surface area contributed by atoms with Gasteiger partial charge in [0.2, 0.25) is 0 Å². The molecule has 0 aliphatic rings. The minimum Gasteiger partial charge on any atom is -0.353 e. The van der Waals surface area contributed by atoms with Crippen LogP contribution in [-0.2, 0) is 0 Å². The quantitative estimate of drug-likeness (QED) is 0.575. The highest BCUT2D eigenvalue weighted by atomic mass is 19.1. The van der Waals surface area contributed by atoms with E-state index < -0.39 is 0 Å². The number of carbonyl (C=O) groups is 1. The minimum atomic E-state index is -0.345. The predicted octanol–water partition coefficient (Wildman–Crippen LogP) is 4.42. The van der Waals surface area contributed by atoms with Crippen LogP contribution in [0.3, 0.4) is 0 Å². The molecule has 0 saturated carbocycles. The average molecular weight is 319 g/mol. The fourth-order valence-electron chi connectivity index (χ4n) is 2.85. The summed E-state index contributed by atoms with van der Waals surface area (Å²) in [5.74, 6) is -0.668. The summed E-state index contributed by atoms with van der Waals surface area (Å²) in [6.45, 7) is 1.87. The monoisotopic (exact) mass is 319 g/mol. The van der Waals surface area contributed by atoms with Crippen molar-refractivity contribution in [3.05, 3.63) is 71.8 Å². The van der Waals surface area contributed by atoms with E-state index in [-0.39, 0.29) is 11.7 Å². The second kappa shape index (κ2) is 5.45. The molecule has 2 N–H and O–H groups in total. The molecule has 0 atom stereocenters. The average Bonchev–Trinajstić information content (AvgIpc) is 2.96. The van der Waals surface area contributed by atoms with Crippen LogP contribution in [-0.4, -0.2) is 15.9 Å². The number of para-hydroxylation sites is 1. The lowest BCUT2D eigenvalue weighted by atomic mass is 10.1. The third-order valence-electron chi connectivity index (χ3n) is 4.01. The molecule has 1 amide bonds. The third kappa shape index (κ3) is 2.40. The van der Waals surface area contributed by atoms with Crippen LogP contribution in [0.15, 0.2) is 54.6 Å². The Morgan fingerprint density at radius 2 is 1.83 bits per heavy atom. The maximum Gasteiger partial charge on any atom is 0.274 e. The Morgan fingerprint density at radius 1 is 1.08 bits per heavy atom. The fraction of sp³-hybridized carbons (Fsp3) is 0.0526. The summed E-state index contributed by atoms with van der Waals surface area (Å²) in [5, 5.41) is 4.75. The van der Waals surface area contributed by atoms with E-state index in [9.17, 15) is 9.18 Å². The van der Waals surface area contributed by atoms with Crippen LogP contribution in [0.25, 0.3) is 21.8 Å². The number of rotatable bonds is 2. The number of nitrogens with zero attached hydrogens (tertiary/aromatic N) is 1. The molecule has 2 aromatic heterocycles. The van der Waals surface area contributed by atoms with Crippen molar-refractivity contribution in [2.24, 2.45) is 0 Å².